The zero-order chi connectivity index (χ0) is 19.8. The van der Waals surface area contributed by atoms with Gasteiger partial charge in [0, 0.05) is 6.04 Å². The number of nitriles is 1. The molecule has 1 atom stereocenters. The van der Waals surface area contributed by atoms with Gasteiger partial charge in [0.2, 0.25) is 5.96 Å². The van der Waals surface area contributed by atoms with E-state index in [9.17, 15) is 4.39 Å². The molecule has 2 rings (SSSR count). The number of halogens is 2. The molecule has 1 aromatic heterocycles. The number of aliphatic hydroxyl groups excluding tert-OH is 1. The molecule has 0 aliphatic rings. The standard InChI is InChI=1S/C15H16ClFN8O2/c1-8(6-26)22-15(21-7-18)20-5-12-13(25-27-24-12)14(19)23-9-2-3-11(17)10(16)4-9/h2-4,8,26H,5-6H2,1H3,(H2,19,23)(H2,20,21,22). The lowest BCUT2D eigenvalue weighted by Crippen LogP contribution is -2.42. The molecule has 1 heterocycles. The van der Waals surface area contributed by atoms with E-state index in [2.05, 4.69) is 35.6 Å². The number of aromatic nitrogens is 2. The van der Waals surface area contributed by atoms with E-state index in [1.54, 1.807) is 13.1 Å². The third-order valence-electron chi connectivity index (χ3n) is 3.17. The smallest absolute Gasteiger partial charge is 0.205 e. The van der Waals surface area contributed by atoms with Gasteiger partial charge in [-0.25, -0.2) is 19.0 Å². The van der Waals surface area contributed by atoms with Crippen molar-refractivity contribution in [2.75, 3.05) is 6.61 Å². The van der Waals surface area contributed by atoms with Crippen LogP contribution in [-0.2, 0) is 6.54 Å². The van der Waals surface area contributed by atoms with Crippen LogP contribution in [0.5, 0.6) is 0 Å². The van der Waals surface area contributed by atoms with Crippen molar-refractivity contribution in [3.8, 4) is 6.19 Å². The molecular formula is C15H16ClFN8O2. The Kier molecular flexibility index (Phi) is 7.04. The summed E-state index contributed by atoms with van der Waals surface area (Å²) in [6.45, 7) is 1.52. The van der Waals surface area contributed by atoms with Crippen molar-refractivity contribution >= 4 is 29.1 Å². The quantitative estimate of drug-likeness (QED) is 0.242. The van der Waals surface area contributed by atoms with Gasteiger partial charge >= 0.3 is 0 Å². The summed E-state index contributed by atoms with van der Waals surface area (Å²) in [5.41, 5.74) is 6.64. The molecular weight excluding hydrogens is 379 g/mol. The number of hydrogen-bond acceptors (Lipinski definition) is 7. The molecule has 0 saturated carbocycles. The van der Waals surface area contributed by atoms with Crippen LogP contribution in [-0.4, -0.2) is 39.9 Å². The Morgan fingerprint density at radius 1 is 1.52 bits per heavy atom. The first-order chi connectivity index (χ1) is 12.9. The molecule has 142 valence electrons. The van der Waals surface area contributed by atoms with Crippen LogP contribution in [0.25, 0.3) is 0 Å². The second-order valence-corrected chi connectivity index (χ2v) is 5.69. The molecule has 0 fully saturated rings. The van der Waals surface area contributed by atoms with Crippen LogP contribution in [0.4, 0.5) is 10.1 Å². The second-order valence-electron chi connectivity index (χ2n) is 5.28. The third kappa shape index (κ3) is 5.63. The van der Waals surface area contributed by atoms with Gasteiger partial charge in [0.15, 0.2) is 17.7 Å². The third-order valence-corrected chi connectivity index (χ3v) is 3.46. The Hall–Kier alpha value is -3.23. The van der Waals surface area contributed by atoms with E-state index >= 15 is 0 Å². The first kappa shape index (κ1) is 20.1. The van der Waals surface area contributed by atoms with Gasteiger partial charge < -0.3 is 16.2 Å². The Balaban J connectivity index is 2.20. The van der Waals surface area contributed by atoms with Crippen LogP contribution in [0.15, 0.2) is 32.8 Å². The van der Waals surface area contributed by atoms with E-state index in [0.717, 1.165) is 6.07 Å². The van der Waals surface area contributed by atoms with Crippen molar-refractivity contribution in [1.29, 1.82) is 5.26 Å². The predicted octanol–water partition coefficient (Wildman–Crippen LogP) is 0.796. The van der Waals surface area contributed by atoms with Crippen LogP contribution in [0.2, 0.25) is 5.02 Å². The summed E-state index contributed by atoms with van der Waals surface area (Å²) < 4.78 is 17.9. The lowest BCUT2D eigenvalue weighted by molar-refractivity contribution is 0.263. The summed E-state index contributed by atoms with van der Waals surface area (Å²) in [5.74, 6) is -0.473. The number of nitrogens with zero attached hydrogens (tertiary/aromatic N) is 5. The SMILES string of the molecule is CC(CO)NC(=NCc1nonc1C(N)=Nc1ccc(F)c(Cl)c1)NC#N. The molecule has 10 nitrogen and oxygen atoms in total. The van der Waals surface area contributed by atoms with Gasteiger partial charge in [-0.3, -0.25) is 5.32 Å². The van der Waals surface area contributed by atoms with E-state index in [1.807, 2.05) is 0 Å². The summed E-state index contributed by atoms with van der Waals surface area (Å²) in [4.78, 5) is 8.24. The highest BCUT2D eigenvalue weighted by Crippen LogP contribution is 2.22. The summed E-state index contributed by atoms with van der Waals surface area (Å²) >= 11 is 5.71. The van der Waals surface area contributed by atoms with E-state index in [-0.39, 0.29) is 47.4 Å². The lowest BCUT2D eigenvalue weighted by Gasteiger charge is -2.12. The number of guanidine groups is 1. The van der Waals surface area contributed by atoms with Crippen LogP contribution < -0.4 is 16.4 Å². The molecule has 0 bridgehead atoms. The van der Waals surface area contributed by atoms with Gasteiger partial charge in [-0.05, 0) is 30.3 Å². The minimum atomic E-state index is -0.575. The van der Waals surface area contributed by atoms with Gasteiger partial charge in [0.25, 0.3) is 0 Å². The van der Waals surface area contributed by atoms with Crippen molar-refractivity contribution < 1.29 is 14.1 Å². The van der Waals surface area contributed by atoms with Crippen molar-refractivity contribution in [3.05, 3.63) is 40.4 Å². The number of rotatable bonds is 6. The minimum Gasteiger partial charge on any atom is -0.394 e. The molecule has 2 aromatic rings. The number of nitrogens with two attached hydrogens (primary N) is 1. The maximum absolute atomic E-state index is 13.2. The average Bonchev–Trinajstić information content (AvgIpc) is 3.11. The van der Waals surface area contributed by atoms with E-state index in [4.69, 9.17) is 27.7 Å². The molecule has 1 aromatic carbocycles. The van der Waals surface area contributed by atoms with Crippen molar-refractivity contribution in [2.24, 2.45) is 15.7 Å². The van der Waals surface area contributed by atoms with Crippen LogP contribution in [0, 0.1) is 17.3 Å². The molecule has 12 heteroatoms. The second kappa shape index (κ2) is 9.46. The number of aliphatic hydroxyl groups is 1. The Labute approximate surface area is 158 Å². The van der Waals surface area contributed by atoms with Gasteiger partial charge in [-0.15, -0.1) is 0 Å². The molecule has 0 aliphatic carbocycles. The molecule has 0 amide bonds. The predicted molar refractivity (Wildman–Crippen MR) is 95.7 cm³/mol. The summed E-state index contributed by atoms with van der Waals surface area (Å²) in [6.07, 6.45) is 1.73. The van der Waals surface area contributed by atoms with Crippen molar-refractivity contribution in [1.82, 2.24) is 20.9 Å². The molecule has 0 aliphatic heterocycles. The zero-order valence-corrected chi connectivity index (χ0v) is 14.9. The van der Waals surface area contributed by atoms with Gasteiger partial charge in [0.1, 0.15) is 11.5 Å². The minimum absolute atomic E-state index is 0.0318. The largest absolute Gasteiger partial charge is 0.394 e. The number of benzene rings is 1. The Bertz CT molecular complexity index is 892. The summed E-state index contributed by atoms with van der Waals surface area (Å²) in [7, 11) is 0. The van der Waals surface area contributed by atoms with Crippen molar-refractivity contribution in [3.63, 3.8) is 0 Å². The highest BCUT2D eigenvalue weighted by Gasteiger charge is 2.15. The molecule has 0 radical (unpaired) electrons. The highest BCUT2D eigenvalue weighted by molar-refractivity contribution is 6.31. The summed E-state index contributed by atoms with van der Waals surface area (Å²) in [6, 6.07) is 3.54. The van der Waals surface area contributed by atoms with Gasteiger partial charge in [-0.1, -0.05) is 16.8 Å². The topological polar surface area (TPSA) is 158 Å². The molecule has 27 heavy (non-hydrogen) atoms. The van der Waals surface area contributed by atoms with Gasteiger partial charge in [-0.2, -0.15) is 5.26 Å². The fourth-order valence-electron chi connectivity index (χ4n) is 1.86. The van der Waals surface area contributed by atoms with Gasteiger partial charge in [0.05, 0.1) is 23.9 Å². The van der Waals surface area contributed by atoms with E-state index in [0.29, 0.717) is 5.69 Å². The van der Waals surface area contributed by atoms with Crippen LogP contribution >= 0.6 is 11.6 Å². The van der Waals surface area contributed by atoms with Crippen LogP contribution in [0.1, 0.15) is 18.3 Å². The summed E-state index contributed by atoms with van der Waals surface area (Å²) in [5, 5.41) is 30.3. The maximum atomic E-state index is 13.2. The molecule has 0 spiro atoms. The first-order valence-electron chi connectivity index (χ1n) is 7.62. The fraction of sp³-hybridized carbons (Fsp3) is 0.267. The Morgan fingerprint density at radius 2 is 2.30 bits per heavy atom. The number of hydrogen-bond donors (Lipinski definition) is 4. The maximum Gasteiger partial charge on any atom is 0.205 e. The van der Waals surface area contributed by atoms with Crippen molar-refractivity contribution in [2.45, 2.75) is 19.5 Å². The van der Waals surface area contributed by atoms with E-state index < -0.39 is 5.82 Å². The van der Waals surface area contributed by atoms with Crippen LogP contribution in [0.3, 0.4) is 0 Å². The van der Waals surface area contributed by atoms with E-state index in [1.165, 1.54) is 12.1 Å². The highest BCUT2D eigenvalue weighted by atomic mass is 35.5. The Morgan fingerprint density at radius 3 is 2.96 bits per heavy atom. The molecule has 1 unspecified atom stereocenters. The lowest BCUT2D eigenvalue weighted by atomic mass is 10.3. The number of aliphatic imine (C=N–C) groups is 2. The zero-order valence-electron chi connectivity index (χ0n) is 14.1. The fourth-order valence-corrected chi connectivity index (χ4v) is 2.03. The molecule has 5 N–H and O–H groups in total. The number of nitrogens with one attached hydrogen (secondary N) is 2. The first-order valence-corrected chi connectivity index (χ1v) is 8.00. The monoisotopic (exact) mass is 394 g/mol. The average molecular weight is 395 g/mol. The number of amidine groups is 1. The molecule has 0 saturated heterocycles. The normalized spacial score (nSPS) is 13.1.